The maximum atomic E-state index is 12.3. The number of aryl methyl sites for hydroxylation is 2. The number of nitrogens with zero attached hydrogens (tertiary/aromatic N) is 2. The minimum atomic E-state index is -0.0970. The number of rotatable bonds is 9. The second-order valence-corrected chi connectivity index (χ2v) is 6.66. The van der Waals surface area contributed by atoms with Gasteiger partial charge in [0.2, 0.25) is 17.6 Å². The van der Waals surface area contributed by atoms with Crippen molar-refractivity contribution >= 4 is 11.6 Å². The van der Waals surface area contributed by atoms with Gasteiger partial charge in [-0.3, -0.25) is 4.79 Å². The predicted octanol–water partition coefficient (Wildman–Crippen LogP) is 4.03. The third-order valence-electron chi connectivity index (χ3n) is 4.62. The van der Waals surface area contributed by atoms with Crippen LogP contribution in [0.25, 0.3) is 11.4 Å². The molecule has 1 heterocycles. The Balaban J connectivity index is 1.53. The third kappa shape index (κ3) is 5.08. The van der Waals surface area contributed by atoms with Gasteiger partial charge in [-0.1, -0.05) is 5.16 Å². The average Bonchev–Trinajstić information content (AvgIpc) is 3.23. The fourth-order valence-corrected chi connectivity index (χ4v) is 2.94. The number of nitrogens with one attached hydrogen (secondary N) is 1. The number of benzene rings is 2. The van der Waals surface area contributed by atoms with Crippen LogP contribution >= 0.6 is 0 Å². The zero-order chi connectivity index (χ0) is 21.5. The molecule has 0 aliphatic heterocycles. The molecule has 158 valence electrons. The Morgan fingerprint density at radius 2 is 1.73 bits per heavy atom. The molecule has 0 unspecified atom stereocenters. The van der Waals surface area contributed by atoms with Gasteiger partial charge in [0.15, 0.2) is 11.5 Å². The lowest BCUT2D eigenvalue weighted by atomic mass is 10.1. The molecular formula is C22H25N3O5. The lowest BCUT2D eigenvalue weighted by Gasteiger charge is -2.13. The van der Waals surface area contributed by atoms with Gasteiger partial charge in [0, 0.05) is 30.2 Å². The number of hydrogen-bond donors (Lipinski definition) is 1. The SMILES string of the molecule is COc1ccc(-c2noc(CCCC(=O)Nc3cc(OC)c(OC)cc3C)n2)cc1. The minimum Gasteiger partial charge on any atom is -0.497 e. The molecule has 0 bridgehead atoms. The monoisotopic (exact) mass is 411 g/mol. The molecule has 0 saturated carbocycles. The molecule has 0 fully saturated rings. The Kier molecular flexibility index (Phi) is 6.90. The van der Waals surface area contributed by atoms with Crippen LogP contribution in [0, 0.1) is 6.92 Å². The predicted molar refractivity (Wildman–Crippen MR) is 112 cm³/mol. The van der Waals surface area contributed by atoms with E-state index in [1.165, 1.54) is 0 Å². The summed E-state index contributed by atoms with van der Waals surface area (Å²) >= 11 is 0. The van der Waals surface area contributed by atoms with E-state index in [2.05, 4.69) is 15.5 Å². The first-order valence-corrected chi connectivity index (χ1v) is 9.53. The molecule has 8 nitrogen and oxygen atoms in total. The number of methoxy groups -OCH3 is 3. The molecule has 0 aliphatic carbocycles. The van der Waals surface area contributed by atoms with Crippen molar-refractivity contribution in [1.82, 2.24) is 10.1 Å². The summed E-state index contributed by atoms with van der Waals surface area (Å²) in [6.07, 6.45) is 1.43. The first-order chi connectivity index (χ1) is 14.5. The van der Waals surface area contributed by atoms with E-state index in [0.717, 1.165) is 16.9 Å². The summed E-state index contributed by atoms with van der Waals surface area (Å²) < 4.78 is 21.0. The van der Waals surface area contributed by atoms with E-state index in [0.29, 0.717) is 48.2 Å². The van der Waals surface area contributed by atoms with Gasteiger partial charge in [0.05, 0.1) is 21.3 Å². The molecule has 30 heavy (non-hydrogen) atoms. The third-order valence-corrected chi connectivity index (χ3v) is 4.62. The molecular weight excluding hydrogens is 386 g/mol. The zero-order valence-electron chi connectivity index (χ0n) is 17.5. The standard InChI is InChI=1S/C22H25N3O5/c1-14-12-18(28-3)19(29-4)13-17(14)23-20(26)6-5-7-21-24-22(25-30-21)15-8-10-16(27-2)11-9-15/h8-13H,5-7H2,1-4H3,(H,23,26). The highest BCUT2D eigenvalue weighted by Crippen LogP contribution is 2.33. The van der Waals surface area contributed by atoms with E-state index in [4.69, 9.17) is 18.7 Å². The van der Waals surface area contributed by atoms with Crippen molar-refractivity contribution in [3.8, 4) is 28.6 Å². The van der Waals surface area contributed by atoms with E-state index >= 15 is 0 Å². The normalized spacial score (nSPS) is 10.5. The Labute approximate surface area is 175 Å². The second-order valence-electron chi connectivity index (χ2n) is 6.66. The average molecular weight is 411 g/mol. The van der Waals surface area contributed by atoms with E-state index in [1.54, 1.807) is 27.4 Å². The summed E-state index contributed by atoms with van der Waals surface area (Å²) in [4.78, 5) is 16.7. The van der Waals surface area contributed by atoms with Crippen molar-refractivity contribution in [2.45, 2.75) is 26.2 Å². The molecule has 0 radical (unpaired) electrons. The summed E-state index contributed by atoms with van der Waals surface area (Å²) in [5.41, 5.74) is 2.42. The number of aromatic nitrogens is 2. The molecule has 8 heteroatoms. The molecule has 2 aromatic carbocycles. The van der Waals surface area contributed by atoms with Crippen LogP contribution < -0.4 is 19.5 Å². The zero-order valence-corrected chi connectivity index (χ0v) is 17.5. The number of amides is 1. The van der Waals surface area contributed by atoms with Gasteiger partial charge in [0.25, 0.3) is 0 Å². The number of carbonyl (C=O) groups excluding carboxylic acids is 1. The van der Waals surface area contributed by atoms with Crippen molar-refractivity contribution in [3.05, 3.63) is 47.9 Å². The quantitative estimate of drug-likeness (QED) is 0.568. The fourth-order valence-electron chi connectivity index (χ4n) is 2.94. The summed E-state index contributed by atoms with van der Waals surface area (Å²) in [6, 6.07) is 11.0. The Bertz CT molecular complexity index is 999. The van der Waals surface area contributed by atoms with Gasteiger partial charge in [-0.15, -0.1) is 0 Å². The Morgan fingerprint density at radius 3 is 2.40 bits per heavy atom. The van der Waals surface area contributed by atoms with Crippen molar-refractivity contribution < 1.29 is 23.5 Å². The molecule has 0 spiro atoms. The second kappa shape index (κ2) is 9.78. The largest absolute Gasteiger partial charge is 0.497 e. The summed E-state index contributed by atoms with van der Waals surface area (Å²) in [6.45, 7) is 1.90. The molecule has 0 saturated heterocycles. The van der Waals surface area contributed by atoms with E-state index in [1.807, 2.05) is 37.3 Å². The molecule has 0 atom stereocenters. The van der Waals surface area contributed by atoms with Crippen LogP contribution in [0.3, 0.4) is 0 Å². The summed E-state index contributed by atoms with van der Waals surface area (Å²) in [7, 11) is 4.75. The van der Waals surface area contributed by atoms with Crippen LogP contribution in [-0.4, -0.2) is 37.4 Å². The number of hydrogen-bond acceptors (Lipinski definition) is 7. The van der Waals surface area contributed by atoms with Crippen LogP contribution in [0.2, 0.25) is 0 Å². The lowest BCUT2D eigenvalue weighted by Crippen LogP contribution is -2.12. The van der Waals surface area contributed by atoms with Crippen LogP contribution in [0.15, 0.2) is 40.9 Å². The smallest absolute Gasteiger partial charge is 0.226 e. The molecule has 3 rings (SSSR count). The number of carbonyl (C=O) groups is 1. The van der Waals surface area contributed by atoms with Crippen molar-refractivity contribution in [3.63, 3.8) is 0 Å². The van der Waals surface area contributed by atoms with Gasteiger partial charge in [-0.25, -0.2) is 0 Å². The Hall–Kier alpha value is -3.55. The summed E-state index contributed by atoms with van der Waals surface area (Å²) in [5.74, 6) is 2.86. The highest BCUT2D eigenvalue weighted by atomic mass is 16.5. The molecule has 1 amide bonds. The van der Waals surface area contributed by atoms with Crippen molar-refractivity contribution in [2.24, 2.45) is 0 Å². The molecule has 1 aromatic heterocycles. The minimum absolute atomic E-state index is 0.0970. The maximum Gasteiger partial charge on any atom is 0.226 e. The van der Waals surface area contributed by atoms with Gasteiger partial charge in [-0.2, -0.15) is 4.98 Å². The van der Waals surface area contributed by atoms with E-state index < -0.39 is 0 Å². The van der Waals surface area contributed by atoms with Gasteiger partial charge < -0.3 is 24.1 Å². The van der Waals surface area contributed by atoms with Gasteiger partial charge in [-0.05, 0) is 49.2 Å². The molecule has 1 N–H and O–H groups in total. The summed E-state index contributed by atoms with van der Waals surface area (Å²) in [5, 5.41) is 6.91. The van der Waals surface area contributed by atoms with Crippen LogP contribution in [0.5, 0.6) is 17.2 Å². The van der Waals surface area contributed by atoms with E-state index in [9.17, 15) is 4.79 Å². The van der Waals surface area contributed by atoms with Gasteiger partial charge in [0.1, 0.15) is 5.75 Å². The number of ether oxygens (including phenoxy) is 3. The van der Waals surface area contributed by atoms with Crippen molar-refractivity contribution in [1.29, 1.82) is 0 Å². The van der Waals surface area contributed by atoms with Crippen molar-refractivity contribution in [2.75, 3.05) is 26.6 Å². The molecule has 3 aromatic rings. The highest BCUT2D eigenvalue weighted by molar-refractivity contribution is 5.92. The van der Waals surface area contributed by atoms with Crippen LogP contribution in [0.1, 0.15) is 24.3 Å². The first-order valence-electron chi connectivity index (χ1n) is 9.53. The fraction of sp³-hybridized carbons (Fsp3) is 0.318. The maximum absolute atomic E-state index is 12.3. The lowest BCUT2D eigenvalue weighted by molar-refractivity contribution is -0.116. The van der Waals surface area contributed by atoms with E-state index in [-0.39, 0.29) is 5.91 Å². The van der Waals surface area contributed by atoms with Crippen LogP contribution in [0.4, 0.5) is 5.69 Å². The van der Waals surface area contributed by atoms with Gasteiger partial charge >= 0.3 is 0 Å². The highest BCUT2D eigenvalue weighted by Gasteiger charge is 2.13. The Morgan fingerprint density at radius 1 is 1.03 bits per heavy atom. The topological polar surface area (TPSA) is 95.7 Å². The van der Waals surface area contributed by atoms with Crippen LogP contribution in [-0.2, 0) is 11.2 Å². The first kappa shape index (κ1) is 21.2. The molecule has 0 aliphatic rings. The number of anilines is 1.